The SMILES string of the molecule is Cc1cc(C)cc(NC(=O)COC(=O)/C=C/c2c(C)nn(CC(C)C)c2Cl)c1. The van der Waals surface area contributed by atoms with E-state index in [1.165, 1.54) is 6.08 Å². The van der Waals surface area contributed by atoms with Gasteiger partial charge in [0, 0.05) is 23.9 Å². The van der Waals surface area contributed by atoms with Crippen molar-refractivity contribution in [1.82, 2.24) is 9.78 Å². The number of nitrogens with one attached hydrogen (secondary N) is 1. The fraction of sp³-hybridized carbons (Fsp3) is 0.381. The molecule has 0 radical (unpaired) electrons. The van der Waals surface area contributed by atoms with Crippen molar-refractivity contribution in [3.63, 3.8) is 0 Å². The molecular formula is C21H26ClN3O3. The van der Waals surface area contributed by atoms with Crippen LogP contribution in [0, 0.1) is 26.7 Å². The van der Waals surface area contributed by atoms with Gasteiger partial charge in [-0.15, -0.1) is 0 Å². The van der Waals surface area contributed by atoms with E-state index in [2.05, 4.69) is 24.3 Å². The Balaban J connectivity index is 1.91. The first kappa shape index (κ1) is 21.7. The molecule has 6 nitrogen and oxygen atoms in total. The molecular weight excluding hydrogens is 378 g/mol. The maximum Gasteiger partial charge on any atom is 0.331 e. The molecule has 7 heteroatoms. The van der Waals surface area contributed by atoms with E-state index in [-0.39, 0.29) is 6.61 Å². The van der Waals surface area contributed by atoms with Crippen LogP contribution >= 0.6 is 11.6 Å². The summed E-state index contributed by atoms with van der Waals surface area (Å²) in [6.07, 6.45) is 2.81. The third kappa shape index (κ3) is 6.23. The average Bonchev–Trinajstić information content (AvgIpc) is 2.83. The molecule has 0 aliphatic heterocycles. The lowest BCUT2D eigenvalue weighted by Gasteiger charge is -2.07. The van der Waals surface area contributed by atoms with Crippen LogP contribution in [0.15, 0.2) is 24.3 Å². The van der Waals surface area contributed by atoms with E-state index in [4.69, 9.17) is 16.3 Å². The molecule has 150 valence electrons. The number of nitrogens with zero attached hydrogens (tertiary/aromatic N) is 2. The minimum Gasteiger partial charge on any atom is -0.452 e. The number of anilines is 1. The van der Waals surface area contributed by atoms with Gasteiger partial charge in [0.15, 0.2) is 6.61 Å². The molecule has 0 aliphatic carbocycles. The van der Waals surface area contributed by atoms with Crippen molar-refractivity contribution in [2.24, 2.45) is 5.92 Å². The van der Waals surface area contributed by atoms with Crippen LogP contribution in [0.1, 0.15) is 36.2 Å². The second kappa shape index (κ2) is 9.55. The first-order valence-corrected chi connectivity index (χ1v) is 9.49. The van der Waals surface area contributed by atoms with Gasteiger partial charge >= 0.3 is 5.97 Å². The van der Waals surface area contributed by atoms with Crippen LogP contribution in [-0.4, -0.2) is 28.3 Å². The predicted octanol–water partition coefficient (Wildman–Crippen LogP) is 4.31. The van der Waals surface area contributed by atoms with Crippen LogP contribution in [0.3, 0.4) is 0 Å². The second-order valence-electron chi connectivity index (χ2n) is 7.23. The monoisotopic (exact) mass is 403 g/mol. The average molecular weight is 404 g/mol. The predicted molar refractivity (Wildman–Crippen MR) is 111 cm³/mol. The third-order valence-corrected chi connectivity index (χ3v) is 4.28. The lowest BCUT2D eigenvalue weighted by atomic mass is 10.1. The largest absolute Gasteiger partial charge is 0.452 e. The van der Waals surface area contributed by atoms with Gasteiger partial charge in [-0.3, -0.25) is 9.48 Å². The first-order chi connectivity index (χ1) is 13.2. The molecule has 2 rings (SSSR count). The van der Waals surface area contributed by atoms with Crippen molar-refractivity contribution in [2.75, 3.05) is 11.9 Å². The standard InChI is InChI=1S/C21H26ClN3O3/c1-13(2)11-25-21(22)18(16(5)24-25)6-7-20(27)28-12-19(26)23-17-9-14(3)8-15(4)10-17/h6-10,13H,11-12H2,1-5H3,(H,23,26)/b7-6+. The Bertz CT molecular complexity index is 880. The van der Waals surface area contributed by atoms with Crippen LogP contribution < -0.4 is 5.32 Å². The fourth-order valence-electron chi connectivity index (χ4n) is 2.80. The number of esters is 1. The van der Waals surface area contributed by atoms with E-state index in [1.54, 1.807) is 10.8 Å². The Morgan fingerprint density at radius 2 is 1.86 bits per heavy atom. The summed E-state index contributed by atoms with van der Waals surface area (Å²) < 4.78 is 6.71. The number of aryl methyl sites for hydroxylation is 3. The molecule has 0 bridgehead atoms. The molecule has 2 aromatic rings. The minimum absolute atomic E-state index is 0.366. The minimum atomic E-state index is -0.623. The molecule has 0 aliphatic rings. The number of halogens is 1. The van der Waals surface area contributed by atoms with Gasteiger partial charge in [-0.25, -0.2) is 4.79 Å². The Labute approximate surface area is 170 Å². The highest BCUT2D eigenvalue weighted by molar-refractivity contribution is 6.31. The van der Waals surface area contributed by atoms with E-state index in [1.807, 2.05) is 39.0 Å². The number of hydrogen-bond donors (Lipinski definition) is 1. The number of carbonyl (C=O) groups excluding carboxylic acids is 2. The summed E-state index contributed by atoms with van der Waals surface area (Å²) in [5.41, 5.74) is 4.15. The molecule has 0 unspecified atom stereocenters. The smallest absolute Gasteiger partial charge is 0.331 e. The normalized spacial score (nSPS) is 11.2. The lowest BCUT2D eigenvalue weighted by Crippen LogP contribution is -2.20. The number of benzene rings is 1. The van der Waals surface area contributed by atoms with Gasteiger partial charge in [0.25, 0.3) is 5.91 Å². The van der Waals surface area contributed by atoms with Crippen molar-refractivity contribution >= 4 is 35.2 Å². The van der Waals surface area contributed by atoms with Crippen molar-refractivity contribution < 1.29 is 14.3 Å². The summed E-state index contributed by atoms with van der Waals surface area (Å²) in [6.45, 7) is 10.2. The van der Waals surface area contributed by atoms with Gasteiger partial charge < -0.3 is 10.1 Å². The van der Waals surface area contributed by atoms with Crippen LogP contribution in [-0.2, 0) is 20.9 Å². The summed E-state index contributed by atoms with van der Waals surface area (Å²) in [7, 11) is 0. The third-order valence-electron chi connectivity index (χ3n) is 3.88. The van der Waals surface area contributed by atoms with Crippen molar-refractivity contribution in [3.8, 4) is 0 Å². The molecule has 28 heavy (non-hydrogen) atoms. The Kier molecular flexibility index (Phi) is 7.40. The van der Waals surface area contributed by atoms with Crippen LogP contribution in [0.25, 0.3) is 6.08 Å². The number of hydrogen-bond acceptors (Lipinski definition) is 4. The van der Waals surface area contributed by atoms with E-state index >= 15 is 0 Å². The molecule has 0 fully saturated rings. The second-order valence-corrected chi connectivity index (χ2v) is 7.59. The van der Waals surface area contributed by atoms with Gasteiger partial charge in [-0.2, -0.15) is 5.10 Å². The van der Waals surface area contributed by atoms with E-state index in [0.717, 1.165) is 16.8 Å². The lowest BCUT2D eigenvalue weighted by molar-refractivity contribution is -0.142. The Morgan fingerprint density at radius 1 is 1.21 bits per heavy atom. The molecule has 0 atom stereocenters. The summed E-state index contributed by atoms with van der Waals surface area (Å²) in [6, 6.07) is 5.72. The van der Waals surface area contributed by atoms with Gasteiger partial charge in [0.05, 0.1) is 5.69 Å². The molecule has 1 amide bonds. The summed E-state index contributed by atoms with van der Waals surface area (Å²) >= 11 is 6.33. The van der Waals surface area contributed by atoms with E-state index in [0.29, 0.717) is 28.9 Å². The topological polar surface area (TPSA) is 73.2 Å². The molecule has 0 saturated carbocycles. The molecule has 1 N–H and O–H groups in total. The summed E-state index contributed by atoms with van der Waals surface area (Å²) in [5, 5.41) is 7.57. The number of carbonyl (C=O) groups is 2. The van der Waals surface area contributed by atoms with Gasteiger partial charge in [0.1, 0.15) is 5.15 Å². The zero-order chi connectivity index (χ0) is 20.8. The Hall–Kier alpha value is -2.60. The van der Waals surface area contributed by atoms with Crippen molar-refractivity contribution in [2.45, 2.75) is 41.2 Å². The zero-order valence-corrected chi connectivity index (χ0v) is 17.6. The van der Waals surface area contributed by atoms with Gasteiger partial charge in [-0.05, 0) is 56.0 Å². The number of rotatable bonds is 7. The van der Waals surface area contributed by atoms with Crippen molar-refractivity contribution in [1.29, 1.82) is 0 Å². The van der Waals surface area contributed by atoms with Gasteiger partial charge in [0.2, 0.25) is 0 Å². The van der Waals surface area contributed by atoms with Crippen LogP contribution in [0.2, 0.25) is 5.15 Å². The van der Waals surface area contributed by atoms with Crippen LogP contribution in [0.5, 0.6) is 0 Å². The first-order valence-electron chi connectivity index (χ1n) is 9.11. The number of amides is 1. The van der Waals surface area contributed by atoms with E-state index in [9.17, 15) is 9.59 Å². The zero-order valence-electron chi connectivity index (χ0n) is 16.9. The van der Waals surface area contributed by atoms with Gasteiger partial charge in [-0.1, -0.05) is 31.5 Å². The Morgan fingerprint density at radius 3 is 2.46 bits per heavy atom. The maximum atomic E-state index is 12.0. The quantitative estimate of drug-likeness (QED) is 0.552. The molecule has 0 saturated heterocycles. The highest BCUT2D eigenvalue weighted by Gasteiger charge is 2.13. The fourth-order valence-corrected chi connectivity index (χ4v) is 3.11. The molecule has 1 aromatic carbocycles. The van der Waals surface area contributed by atoms with Crippen LogP contribution in [0.4, 0.5) is 5.69 Å². The van der Waals surface area contributed by atoms with E-state index < -0.39 is 11.9 Å². The summed E-state index contributed by atoms with van der Waals surface area (Å²) in [5.74, 6) is -0.623. The molecule has 1 aromatic heterocycles. The molecule has 1 heterocycles. The number of aromatic nitrogens is 2. The maximum absolute atomic E-state index is 12.0. The summed E-state index contributed by atoms with van der Waals surface area (Å²) in [4.78, 5) is 23.9. The highest BCUT2D eigenvalue weighted by Crippen LogP contribution is 2.22. The highest BCUT2D eigenvalue weighted by atomic mass is 35.5. The van der Waals surface area contributed by atoms with Crippen molar-refractivity contribution in [3.05, 3.63) is 51.8 Å². The number of ether oxygens (including phenoxy) is 1. The molecule has 0 spiro atoms.